The average Bonchev–Trinajstić information content (AvgIpc) is 2.44. The smallest absolute Gasteiger partial charge is 0.239 e. The fraction of sp³-hybridized carbons (Fsp3) is 0.769. The number of hydrogen-bond acceptors (Lipinski definition) is 3. The topological polar surface area (TPSA) is 87.3 Å². The van der Waals surface area contributed by atoms with Crippen molar-refractivity contribution in [2.75, 3.05) is 19.6 Å². The lowest BCUT2D eigenvalue weighted by Crippen LogP contribution is -2.43. The van der Waals surface area contributed by atoms with Gasteiger partial charge in [-0.05, 0) is 19.8 Å². The van der Waals surface area contributed by atoms with Crippen LogP contribution in [0.25, 0.3) is 0 Å². The second-order valence-corrected chi connectivity index (χ2v) is 4.78. The minimum Gasteiger partial charge on any atom is -0.355 e. The van der Waals surface area contributed by atoms with Crippen LogP contribution in [0.5, 0.6) is 0 Å². The Morgan fingerprint density at radius 3 is 2.11 bits per heavy atom. The van der Waals surface area contributed by atoms with Crippen LogP contribution in [0, 0.1) is 5.92 Å². The molecule has 0 aromatic carbocycles. The summed E-state index contributed by atoms with van der Waals surface area (Å²) in [6, 6.07) is 0. The van der Waals surface area contributed by atoms with Crippen molar-refractivity contribution < 1.29 is 14.4 Å². The SMILES string of the molecule is CCNC(=O)CNC(=O)CNC(=O)C1CCCCC1. The van der Waals surface area contributed by atoms with E-state index in [-0.39, 0.29) is 36.7 Å². The maximum Gasteiger partial charge on any atom is 0.239 e. The Hall–Kier alpha value is -1.59. The van der Waals surface area contributed by atoms with E-state index < -0.39 is 0 Å². The summed E-state index contributed by atoms with van der Waals surface area (Å²) in [6.45, 7) is 2.23. The maximum absolute atomic E-state index is 11.8. The van der Waals surface area contributed by atoms with Crippen LogP contribution in [-0.4, -0.2) is 37.4 Å². The van der Waals surface area contributed by atoms with Crippen molar-refractivity contribution in [3.63, 3.8) is 0 Å². The Kier molecular flexibility index (Phi) is 6.92. The number of hydrogen-bond donors (Lipinski definition) is 3. The third-order valence-corrected chi connectivity index (χ3v) is 3.22. The molecular weight excluding hydrogens is 246 g/mol. The number of nitrogens with one attached hydrogen (secondary N) is 3. The van der Waals surface area contributed by atoms with Gasteiger partial charge in [0.25, 0.3) is 0 Å². The molecule has 1 aliphatic carbocycles. The van der Waals surface area contributed by atoms with Crippen LogP contribution in [0.1, 0.15) is 39.0 Å². The van der Waals surface area contributed by atoms with Gasteiger partial charge in [-0.2, -0.15) is 0 Å². The van der Waals surface area contributed by atoms with Crippen molar-refractivity contribution >= 4 is 17.7 Å². The molecule has 1 fully saturated rings. The van der Waals surface area contributed by atoms with Crippen LogP contribution in [0.2, 0.25) is 0 Å². The summed E-state index contributed by atoms with van der Waals surface area (Å²) in [5.41, 5.74) is 0. The van der Waals surface area contributed by atoms with E-state index in [2.05, 4.69) is 16.0 Å². The Balaban J connectivity index is 2.15. The lowest BCUT2D eigenvalue weighted by Gasteiger charge is -2.20. The zero-order valence-corrected chi connectivity index (χ0v) is 11.5. The zero-order valence-electron chi connectivity index (χ0n) is 11.5. The number of carbonyl (C=O) groups excluding carboxylic acids is 3. The molecule has 6 nitrogen and oxygen atoms in total. The molecule has 0 saturated heterocycles. The molecule has 3 N–H and O–H groups in total. The second kappa shape index (κ2) is 8.50. The third kappa shape index (κ3) is 6.22. The van der Waals surface area contributed by atoms with E-state index in [4.69, 9.17) is 0 Å². The molecule has 108 valence electrons. The Morgan fingerprint density at radius 2 is 1.47 bits per heavy atom. The van der Waals surface area contributed by atoms with E-state index in [1.165, 1.54) is 6.42 Å². The Morgan fingerprint density at radius 1 is 0.895 bits per heavy atom. The lowest BCUT2D eigenvalue weighted by atomic mass is 9.89. The Labute approximate surface area is 113 Å². The highest BCUT2D eigenvalue weighted by atomic mass is 16.2. The Bertz CT molecular complexity index is 325. The molecule has 1 rings (SSSR count). The molecule has 0 aliphatic heterocycles. The van der Waals surface area contributed by atoms with Gasteiger partial charge >= 0.3 is 0 Å². The van der Waals surface area contributed by atoms with Gasteiger partial charge in [-0.15, -0.1) is 0 Å². The van der Waals surface area contributed by atoms with Crippen molar-refractivity contribution in [1.29, 1.82) is 0 Å². The number of rotatable bonds is 6. The summed E-state index contributed by atoms with van der Waals surface area (Å²) in [7, 11) is 0. The van der Waals surface area contributed by atoms with Gasteiger partial charge in [0.05, 0.1) is 13.1 Å². The van der Waals surface area contributed by atoms with E-state index in [1.54, 1.807) is 0 Å². The van der Waals surface area contributed by atoms with Crippen molar-refractivity contribution in [3.8, 4) is 0 Å². The summed E-state index contributed by atoms with van der Waals surface area (Å²) < 4.78 is 0. The van der Waals surface area contributed by atoms with Gasteiger partial charge in [0.15, 0.2) is 0 Å². The molecule has 1 saturated carbocycles. The van der Waals surface area contributed by atoms with Crippen LogP contribution < -0.4 is 16.0 Å². The van der Waals surface area contributed by atoms with Gasteiger partial charge in [-0.3, -0.25) is 14.4 Å². The van der Waals surface area contributed by atoms with Gasteiger partial charge in [-0.1, -0.05) is 19.3 Å². The summed E-state index contributed by atoms with van der Waals surface area (Å²) >= 11 is 0. The first-order chi connectivity index (χ1) is 9.13. The predicted octanol–water partition coefficient (Wildman–Crippen LogP) is -0.0648. The van der Waals surface area contributed by atoms with Gasteiger partial charge in [0.1, 0.15) is 0 Å². The van der Waals surface area contributed by atoms with Gasteiger partial charge < -0.3 is 16.0 Å². The van der Waals surface area contributed by atoms with Crippen molar-refractivity contribution in [2.45, 2.75) is 39.0 Å². The first-order valence-electron chi connectivity index (χ1n) is 6.94. The number of likely N-dealkylation sites (N-methyl/N-ethyl adjacent to an activating group) is 1. The highest BCUT2D eigenvalue weighted by Gasteiger charge is 2.21. The maximum atomic E-state index is 11.8. The molecule has 0 radical (unpaired) electrons. The van der Waals surface area contributed by atoms with E-state index in [0.717, 1.165) is 25.7 Å². The van der Waals surface area contributed by atoms with E-state index in [0.29, 0.717) is 6.54 Å². The molecule has 0 aromatic rings. The minimum atomic E-state index is -0.338. The fourth-order valence-electron chi connectivity index (χ4n) is 2.18. The highest BCUT2D eigenvalue weighted by molar-refractivity contribution is 5.88. The van der Waals surface area contributed by atoms with Crippen LogP contribution in [-0.2, 0) is 14.4 Å². The molecule has 1 aliphatic rings. The van der Waals surface area contributed by atoms with E-state index in [1.807, 2.05) is 6.92 Å². The molecule has 0 spiro atoms. The van der Waals surface area contributed by atoms with Crippen LogP contribution in [0.4, 0.5) is 0 Å². The second-order valence-electron chi connectivity index (χ2n) is 4.78. The lowest BCUT2D eigenvalue weighted by molar-refractivity contribution is -0.129. The summed E-state index contributed by atoms with van der Waals surface area (Å²) in [6.07, 6.45) is 5.18. The largest absolute Gasteiger partial charge is 0.355 e. The van der Waals surface area contributed by atoms with Gasteiger partial charge in [-0.25, -0.2) is 0 Å². The molecular formula is C13H23N3O3. The molecule has 0 atom stereocenters. The van der Waals surface area contributed by atoms with E-state index in [9.17, 15) is 14.4 Å². The molecule has 0 bridgehead atoms. The molecule has 0 aromatic heterocycles. The minimum absolute atomic E-state index is 0.0462. The zero-order chi connectivity index (χ0) is 14.1. The van der Waals surface area contributed by atoms with Gasteiger partial charge in [0, 0.05) is 12.5 Å². The van der Waals surface area contributed by atoms with Crippen LogP contribution >= 0.6 is 0 Å². The molecule has 6 heteroatoms. The van der Waals surface area contributed by atoms with Crippen molar-refractivity contribution in [2.24, 2.45) is 5.92 Å². The molecule has 0 unspecified atom stereocenters. The number of carbonyl (C=O) groups is 3. The van der Waals surface area contributed by atoms with Crippen LogP contribution in [0.15, 0.2) is 0 Å². The van der Waals surface area contributed by atoms with Gasteiger partial charge in [0.2, 0.25) is 17.7 Å². The molecule has 3 amide bonds. The van der Waals surface area contributed by atoms with Crippen LogP contribution in [0.3, 0.4) is 0 Å². The fourth-order valence-corrected chi connectivity index (χ4v) is 2.18. The summed E-state index contributed by atoms with van der Waals surface area (Å²) in [4.78, 5) is 34.3. The predicted molar refractivity (Wildman–Crippen MR) is 71.3 cm³/mol. The third-order valence-electron chi connectivity index (χ3n) is 3.22. The first-order valence-corrected chi connectivity index (χ1v) is 6.94. The monoisotopic (exact) mass is 269 g/mol. The summed E-state index contributed by atoms with van der Waals surface area (Å²) in [5, 5.41) is 7.66. The normalized spacial score (nSPS) is 15.6. The molecule has 0 heterocycles. The first kappa shape index (κ1) is 15.5. The quantitative estimate of drug-likeness (QED) is 0.631. The highest BCUT2D eigenvalue weighted by Crippen LogP contribution is 2.23. The van der Waals surface area contributed by atoms with Crippen molar-refractivity contribution in [1.82, 2.24) is 16.0 Å². The van der Waals surface area contributed by atoms with Crippen molar-refractivity contribution in [3.05, 3.63) is 0 Å². The van der Waals surface area contributed by atoms with E-state index >= 15 is 0 Å². The standard InChI is InChI=1S/C13H23N3O3/c1-2-14-11(17)8-15-12(18)9-16-13(19)10-6-4-3-5-7-10/h10H,2-9H2,1H3,(H,14,17)(H,15,18)(H,16,19). The number of amides is 3. The average molecular weight is 269 g/mol. The summed E-state index contributed by atoms with van der Waals surface area (Å²) in [5.74, 6) is -0.567. The molecule has 19 heavy (non-hydrogen) atoms.